The molecule has 2 rings (SSSR count). The van der Waals surface area contributed by atoms with Gasteiger partial charge >= 0.3 is 0 Å². The Hall–Kier alpha value is -2.06. The highest BCUT2D eigenvalue weighted by Gasteiger charge is 2.26. The van der Waals surface area contributed by atoms with Crippen molar-refractivity contribution in [1.82, 2.24) is 0 Å². The maximum absolute atomic E-state index is 11.9. The second kappa shape index (κ2) is 5.07. The van der Waals surface area contributed by atoms with Gasteiger partial charge in [-0.05, 0) is 18.2 Å². The maximum atomic E-state index is 11.9. The maximum Gasteiger partial charge on any atom is 0.246 e. The molecule has 0 saturated heterocycles. The highest BCUT2D eigenvalue weighted by Crippen LogP contribution is 2.33. The van der Waals surface area contributed by atoms with Gasteiger partial charge in [0.15, 0.2) is 0 Å². The normalized spacial score (nSPS) is 14.4. The molecule has 0 atom stereocenters. The summed E-state index contributed by atoms with van der Waals surface area (Å²) in [4.78, 5) is 15.4. The zero-order chi connectivity index (χ0) is 13.1. The number of ether oxygens (including phenoxy) is 1. The summed E-state index contributed by atoms with van der Waals surface area (Å²) in [6, 6.07) is 7.47. The third kappa shape index (κ3) is 2.15. The van der Waals surface area contributed by atoms with Crippen molar-refractivity contribution in [2.24, 2.45) is 0 Å². The van der Waals surface area contributed by atoms with Crippen molar-refractivity contribution in [3.63, 3.8) is 0 Å². The number of carbonyl (C=O) groups excluding carboxylic acids is 1. The van der Waals surface area contributed by atoms with Crippen LogP contribution in [0.3, 0.4) is 0 Å². The number of fused-ring (bicyclic) bond motifs is 1. The van der Waals surface area contributed by atoms with Gasteiger partial charge in [-0.3, -0.25) is 4.79 Å². The van der Waals surface area contributed by atoms with Crippen LogP contribution in [0.1, 0.15) is 5.56 Å². The average molecular weight is 245 g/mol. The molecule has 94 valence electrons. The van der Waals surface area contributed by atoms with Crippen molar-refractivity contribution in [1.29, 1.82) is 5.26 Å². The molecule has 0 N–H and O–H groups in total. The first-order chi connectivity index (χ1) is 8.67. The van der Waals surface area contributed by atoms with Crippen LogP contribution in [0, 0.1) is 11.3 Å². The molecule has 0 bridgehead atoms. The predicted octanol–water partition coefficient (Wildman–Crippen LogP) is 0.987. The Balaban J connectivity index is 2.40. The molecular weight excluding hydrogens is 230 g/mol. The molecule has 1 aromatic rings. The topological polar surface area (TPSA) is 56.6 Å². The Morgan fingerprint density at radius 1 is 1.44 bits per heavy atom. The molecule has 0 unspecified atom stereocenters. The fourth-order valence-electron chi connectivity index (χ4n) is 2.02. The molecule has 0 spiro atoms. The van der Waals surface area contributed by atoms with E-state index in [1.807, 2.05) is 17.0 Å². The van der Waals surface area contributed by atoms with E-state index in [2.05, 4.69) is 6.07 Å². The molecule has 0 aliphatic carbocycles. The minimum absolute atomic E-state index is 0.0447. The summed E-state index contributed by atoms with van der Waals surface area (Å²) in [5.74, 6) is 0.0447. The van der Waals surface area contributed by atoms with Crippen LogP contribution in [0.15, 0.2) is 18.2 Å². The summed E-state index contributed by atoms with van der Waals surface area (Å²) in [6.45, 7) is 1.51. The van der Waals surface area contributed by atoms with Crippen LogP contribution in [0.4, 0.5) is 11.4 Å². The molecule has 5 heteroatoms. The lowest BCUT2D eigenvalue weighted by molar-refractivity contribution is -0.117. The molecule has 0 radical (unpaired) electrons. The van der Waals surface area contributed by atoms with Crippen molar-refractivity contribution >= 4 is 17.3 Å². The predicted molar refractivity (Wildman–Crippen MR) is 68.7 cm³/mol. The van der Waals surface area contributed by atoms with E-state index in [1.54, 1.807) is 25.1 Å². The van der Waals surface area contributed by atoms with Crippen molar-refractivity contribution < 1.29 is 9.53 Å². The first-order valence-electron chi connectivity index (χ1n) is 5.72. The number of rotatable bonds is 3. The lowest BCUT2D eigenvalue weighted by Crippen LogP contribution is -2.45. The minimum Gasteiger partial charge on any atom is -0.383 e. The third-order valence-corrected chi connectivity index (χ3v) is 3.07. The standard InChI is InChI=1S/C13H15N3O2/c1-15-11-4-3-10(8-14)7-12(11)16(5-6-18-2)9-13(15)17/h3-4,7H,5-6,9H2,1-2H3. The van der Waals surface area contributed by atoms with Crippen molar-refractivity contribution in [3.05, 3.63) is 23.8 Å². The average Bonchev–Trinajstić information content (AvgIpc) is 2.40. The van der Waals surface area contributed by atoms with Gasteiger partial charge in [0.1, 0.15) is 0 Å². The van der Waals surface area contributed by atoms with Gasteiger partial charge in [0.05, 0.1) is 36.2 Å². The molecular formula is C13H15N3O2. The number of hydrogen-bond acceptors (Lipinski definition) is 4. The van der Waals surface area contributed by atoms with Crippen molar-refractivity contribution in [2.75, 3.05) is 43.7 Å². The zero-order valence-corrected chi connectivity index (χ0v) is 10.5. The van der Waals surface area contributed by atoms with Gasteiger partial charge in [0.25, 0.3) is 0 Å². The number of benzene rings is 1. The summed E-state index contributed by atoms with van der Waals surface area (Å²) in [6.07, 6.45) is 0. The first-order valence-corrected chi connectivity index (χ1v) is 5.72. The van der Waals surface area contributed by atoms with Crippen molar-refractivity contribution in [2.45, 2.75) is 0 Å². The Morgan fingerprint density at radius 2 is 2.22 bits per heavy atom. The number of nitriles is 1. The quantitative estimate of drug-likeness (QED) is 0.796. The highest BCUT2D eigenvalue weighted by molar-refractivity contribution is 6.02. The summed E-state index contributed by atoms with van der Waals surface area (Å²) in [7, 11) is 3.38. The Morgan fingerprint density at radius 3 is 2.89 bits per heavy atom. The number of hydrogen-bond donors (Lipinski definition) is 0. The lowest BCUT2D eigenvalue weighted by Gasteiger charge is -2.35. The largest absolute Gasteiger partial charge is 0.383 e. The van der Waals surface area contributed by atoms with Crippen LogP contribution in [0.5, 0.6) is 0 Å². The van der Waals surface area contributed by atoms with Crippen LogP contribution in [0.25, 0.3) is 0 Å². The number of nitrogens with zero attached hydrogens (tertiary/aromatic N) is 3. The lowest BCUT2D eigenvalue weighted by atomic mass is 10.1. The Kier molecular flexibility index (Phi) is 3.49. The van der Waals surface area contributed by atoms with Crippen molar-refractivity contribution in [3.8, 4) is 6.07 Å². The van der Waals surface area contributed by atoms with Crippen LogP contribution < -0.4 is 9.80 Å². The fraction of sp³-hybridized carbons (Fsp3) is 0.385. The molecule has 0 fully saturated rings. The van der Waals surface area contributed by atoms with Gasteiger partial charge in [-0.2, -0.15) is 5.26 Å². The molecule has 1 amide bonds. The first kappa shape index (κ1) is 12.4. The van der Waals surface area contributed by atoms with E-state index in [-0.39, 0.29) is 5.91 Å². The van der Waals surface area contributed by atoms with E-state index in [4.69, 9.17) is 10.00 Å². The van der Waals surface area contributed by atoms with Crippen LogP contribution in [-0.2, 0) is 9.53 Å². The number of anilines is 2. The molecule has 0 saturated carbocycles. The third-order valence-electron chi connectivity index (χ3n) is 3.07. The highest BCUT2D eigenvalue weighted by atomic mass is 16.5. The van der Waals surface area contributed by atoms with Gasteiger partial charge in [-0.1, -0.05) is 0 Å². The summed E-state index contributed by atoms with van der Waals surface area (Å²) in [5.41, 5.74) is 2.34. The zero-order valence-electron chi connectivity index (χ0n) is 10.5. The summed E-state index contributed by atoms with van der Waals surface area (Å²) in [5, 5.41) is 8.95. The van der Waals surface area contributed by atoms with Crippen LogP contribution in [0.2, 0.25) is 0 Å². The Labute approximate surface area is 106 Å². The fourth-order valence-corrected chi connectivity index (χ4v) is 2.02. The molecule has 1 aliphatic rings. The minimum atomic E-state index is 0.0447. The number of methoxy groups -OCH3 is 1. The van der Waals surface area contributed by atoms with Crippen LogP contribution >= 0.6 is 0 Å². The summed E-state index contributed by atoms with van der Waals surface area (Å²) < 4.78 is 5.05. The van der Waals surface area contributed by atoms with Gasteiger partial charge in [-0.15, -0.1) is 0 Å². The SMILES string of the molecule is COCCN1CC(=O)N(C)c2ccc(C#N)cc21. The van der Waals surface area contributed by atoms with Gasteiger partial charge in [-0.25, -0.2) is 0 Å². The number of carbonyl (C=O) groups is 1. The monoisotopic (exact) mass is 245 g/mol. The second-order valence-corrected chi connectivity index (χ2v) is 4.18. The smallest absolute Gasteiger partial charge is 0.246 e. The molecule has 0 aromatic heterocycles. The molecule has 1 heterocycles. The van der Waals surface area contributed by atoms with E-state index >= 15 is 0 Å². The van der Waals surface area contributed by atoms with E-state index in [0.29, 0.717) is 25.3 Å². The number of amides is 1. The second-order valence-electron chi connectivity index (χ2n) is 4.18. The van der Waals surface area contributed by atoms with E-state index in [0.717, 1.165) is 11.4 Å². The van der Waals surface area contributed by atoms with Gasteiger partial charge in [0.2, 0.25) is 5.91 Å². The van der Waals surface area contributed by atoms with Crippen LogP contribution in [-0.4, -0.2) is 39.8 Å². The van der Waals surface area contributed by atoms with E-state index in [1.165, 1.54) is 0 Å². The number of likely N-dealkylation sites (N-methyl/N-ethyl adjacent to an activating group) is 1. The Bertz CT molecular complexity index is 507. The van der Waals surface area contributed by atoms with E-state index in [9.17, 15) is 4.79 Å². The van der Waals surface area contributed by atoms with Gasteiger partial charge < -0.3 is 14.5 Å². The van der Waals surface area contributed by atoms with E-state index < -0.39 is 0 Å². The van der Waals surface area contributed by atoms with Gasteiger partial charge in [0, 0.05) is 20.7 Å². The molecule has 1 aromatic carbocycles. The molecule has 5 nitrogen and oxygen atoms in total. The molecule has 1 aliphatic heterocycles. The molecule has 18 heavy (non-hydrogen) atoms. The summed E-state index contributed by atoms with van der Waals surface area (Å²) >= 11 is 0.